The molecule has 0 spiro atoms. The van der Waals surface area contributed by atoms with E-state index in [9.17, 15) is 34.2 Å². The molecule has 0 saturated carbocycles. The number of aromatic nitrogens is 1. The number of aromatic hydroxyl groups is 1. The molecule has 0 fully saturated rings. The highest BCUT2D eigenvalue weighted by Gasteiger charge is 2.33. The smallest absolute Gasteiger partial charge is 0.329 e. The van der Waals surface area contributed by atoms with Gasteiger partial charge in [-0.3, -0.25) is 24.2 Å². The van der Waals surface area contributed by atoms with Crippen LogP contribution in [0.25, 0.3) is 10.2 Å². The number of aliphatic imine (C=N–C) groups is 1. The second-order valence-corrected chi connectivity index (χ2v) is 16.4. The van der Waals surface area contributed by atoms with Crippen LogP contribution < -0.4 is 27.0 Å². The number of phenols is 1. The first-order valence-electron chi connectivity index (χ1n) is 17.6. The molecule has 4 amide bonds. The number of rotatable bonds is 17. The molecular weight excluding hydrogens is 719 g/mol. The first kappa shape index (κ1) is 41.2. The summed E-state index contributed by atoms with van der Waals surface area (Å²) < 4.78 is 0.745. The molecule has 1 aromatic heterocycles. The molecule has 0 radical (unpaired) electrons. The summed E-state index contributed by atoms with van der Waals surface area (Å²) in [5, 5.41) is 31.5. The lowest BCUT2D eigenvalue weighted by atomic mass is 9.98. The number of carbonyl (C=O) groups is 5. The van der Waals surface area contributed by atoms with Gasteiger partial charge in [0.25, 0.3) is 0 Å². The number of aliphatic carboxylic acids is 1. The Hall–Kier alpha value is -4.54. The monoisotopic (exact) mass is 767 g/mol. The van der Waals surface area contributed by atoms with Crippen LogP contribution in [0, 0.1) is 17.8 Å². The predicted octanol–water partition coefficient (Wildman–Crippen LogP) is 3.66. The largest absolute Gasteiger partial charge is 0.508 e. The van der Waals surface area contributed by atoms with Gasteiger partial charge in [-0.05, 0) is 66.5 Å². The molecule has 0 saturated heterocycles. The van der Waals surface area contributed by atoms with Gasteiger partial charge in [-0.1, -0.05) is 53.7 Å². The van der Waals surface area contributed by atoms with Crippen molar-refractivity contribution in [2.24, 2.45) is 28.5 Å². The molecule has 5 atom stereocenters. The van der Waals surface area contributed by atoms with Crippen LogP contribution in [0.5, 0.6) is 5.75 Å². The Labute approximate surface area is 317 Å². The van der Waals surface area contributed by atoms with Gasteiger partial charge in [0.2, 0.25) is 23.6 Å². The van der Waals surface area contributed by atoms with E-state index in [2.05, 4.69) is 31.2 Å². The molecule has 0 bridgehead atoms. The molecule has 1 aliphatic heterocycles. The van der Waals surface area contributed by atoms with Crippen molar-refractivity contribution >= 4 is 73.6 Å². The number of hydrogen-bond donors (Lipinski definition) is 7. The van der Waals surface area contributed by atoms with E-state index in [1.807, 2.05) is 27.7 Å². The van der Waals surface area contributed by atoms with Crippen LogP contribution in [0.3, 0.4) is 0 Å². The van der Waals surface area contributed by atoms with Gasteiger partial charge in [0, 0.05) is 17.9 Å². The third-order valence-electron chi connectivity index (χ3n) is 8.43. The molecule has 1 aliphatic rings. The number of hydrogen-bond acceptors (Lipinski definition) is 11. The van der Waals surface area contributed by atoms with Gasteiger partial charge in [0.1, 0.15) is 33.9 Å². The number of phenolic OH excluding ortho intramolecular Hbond substituents is 1. The van der Waals surface area contributed by atoms with E-state index in [0.29, 0.717) is 45.4 Å². The number of carboxylic acids is 1. The Morgan fingerprint density at radius 1 is 0.849 bits per heavy atom. The summed E-state index contributed by atoms with van der Waals surface area (Å²) in [5.74, 6) is -2.84. The maximum atomic E-state index is 13.9. The highest BCUT2D eigenvalue weighted by atomic mass is 32.2. The van der Waals surface area contributed by atoms with Crippen molar-refractivity contribution in [3.05, 3.63) is 53.0 Å². The van der Waals surface area contributed by atoms with Crippen molar-refractivity contribution < 1.29 is 34.2 Å². The second-order valence-electron chi connectivity index (χ2n) is 14.4. The Bertz CT molecular complexity index is 1830. The number of amides is 4. The number of nitrogens with zero attached hydrogens (tertiary/aromatic N) is 2. The quantitative estimate of drug-likeness (QED) is 0.106. The van der Waals surface area contributed by atoms with E-state index in [4.69, 9.17) is 5.73 Å². The van der Waals surface area contributed by atoms with Crippen LogP contribution in [0.15, 0.2) is 47.5 Å². The molecule has 2 aromatic carbocycles. The minimum atomic E-state index is -1.09. The van der Waals surface area contributed by atoms with E-state index in [0.717, 1.165) is 4.70 Å². The summed E-state index contributed by atoms with van der Waals surface area (Å²) in [6.07, 6.45) is 0.850. The van der Waals surface area contributed by atoms with Crippen LogP contribution in [-0.4, -0.2) is 85.8 Å². The summed E-state index contributed by atoms with van der Waals surface area (Å²) in [7, 11) is 0. The van der Waals surface area contributed by atoms with Crippen molar-refractivity contribution in [3.63, 3.8) is 0 Å². The van der Waals surface area contributed by atoms with Gasteiger partial charge in [-0.2, -0.15) is 0 Å². The third-order valence-corrected chi connectivity index (χ3v) is 10.6. The Morgan fingerprint density at radius 3 is 2.11 bits per heavy atom. The van der Waals surface area contributed by atoms with E-state index in [1.54, 1.807) is 44.2 Å². The van der Waals surface area contributed by atoms with Gasteiger partial charge < -0.3 is 37.2 Å². The molecule has 0 aliphatic carbocycles. The molecule has 2 heterocycles. The predicted molar refractivity (Wildman–Crippen MR) is 208 cm³/mol. The number of nitrogens with two attached hydrogens (primary N) is 1. The Balaban J connectivity index is 1.52. The van der Waals surface area contributed by atoms with Gasteiger partial charge >= 0.3 is 5.97 Å². The Kier molecular flexibility index (Phi) is 14.4. The SMILES string of the molecule is CC(C)C[C@H](NC(=O)[C@@H](N)CC(C)C)C(=O)N[C@H](C(=O)N[C@@H](Cc1ccc(O)cc1)C(=O)Nc1ccc2nc(C3=NC(C(=O)O)CS3)sc2c1)C(C)C. The number of anilines is 1. The molecule has 286 valence electrons. The lowest BCUT2D eigenvalue weighted by Gasteiger charge is -2.28. The minimum Gasteiger partial charge on any atom is -0.508 e. The maximum absolute atomic E-state index is 13.9. The summed E-state index contributed by atoms with van der Waals surface area (Å²) in [6.45, 7) is 11.3. The van der Waals surface area contributed by atoms with Crippen LogP contribution >= 0.6 is 23.1 Å². The van der Waals surface area contributed by atoms with Crippen molar-refractivity contribution in [3.8, 4) is 5.75 Å². The molecule has 14 nitrogen and oxygen atoms in total. The molecule has 53 heavy (non-hydrogen) atoms. The molecule has 8 N–H and O–H groups in total. The van der Waals surface area contributed by atoms with Crippen LogP contribution in [0.4, 0.5) is 5.69 Å². The first-order valence-corrected chi connectivity index (χ1v) is 19.4. The van der Waals surface area contributed by atoms with E-state index in [1.165, 1.54) is 35.2 Å². The topological polar surface area (TPSA) is 225 Å². The highest BCUT2D eigenvalue weighted by molar-refractivity contribution is 8.15. The average molecular weight is 768 g/mol. The zero-order valence-corrected chi connectivity index (χ0v) is 32.3. The zero-order chi connectivity index (χ0) is 39.0. The van der Waals surface area contributed by atoms with Crippen molar-refractivity contribution in [1.29, 1.82) is 0 Å². The van der Waals surface area contributed by atoms with Gasteiger partial charge in [-0.15, -0.1) is 23.1 Å². The summed E-state index contributed by atoms with van der Waals surface area (Å²) in [5.41, 5.74) is 7.86. The number of thiazole rings is 1. The van der Waals surface area contributed by atoms with Crippen molar-refractivity contribution in [2.45, 2.75) is 91.0 Å². The Morgan fingerprint density at radius 2 is 1.51 bits per heavy atom. The molecule has 16 heteroatoms. The van der Waals surface area contributed by atoms with E-state index >= 15 is 0 Å². The van der Waals surface area contributed by atoms with E-state index < -0.39 is 59.8 Å². The average Bonchev–Trinajstić information content (AvgIpc) is 3.74. The number of fused-ring (bicyclic) bond motifs is 1. The fourth-order valence-corrected chi connectivity index (χ4v) is 7.77. The van der Waals surface area contributed by atoms with Crippen LogP contribution in [-0.2, 0) is 30.4 Å². The number of thioether (sulfide) groups is 1. The number of carbonyl (C=O) groups excluding carboxylic acids is 4. The summed E-state index contributed by atoms with van der Waals surface area (Å²) in [4.78, 5) is 74.5. The third kappa shape index (κ3) is 11.7. The van der Waals surface area contributed by atoms with E-state index in [-0.39, 0.29) is 29.9 Å². The summed E-state index contributed by atoms with van der Waals surface area (Å²) in [6, 6.07) is 6.77. The number of benzene rings is 2. The number of nitrogens with one attached hydrogen (secondary N) is 4. The minimum absolute atomic E-state index is 0.0484. The van der Waals surface area contributed by atoms with Gasteiger partial charge in [0.15, 0.2) is 6.04 Å². The first-order chi connectivity index (χ1) is 25.0. The normalized spacial score (nSPS) is 16.6. The fourth-order valence-electron chi connectivity index (χ4n) is 5.66. The molecule has 3 aromatic rings. The van der Waals surface area contributed by atoms with Crippen molar-refractivity contribution in [1.82, 2.24) is 20.9 Å². The summed E-state index contributed by atoms with van der Waals surface area (Å²) >= 11 is 2.66. The number of carboxylic acid groups (broad SMARTS) is 1. The van der Waals surface area contributed by atoms with Crippen molar-refractivity contribution in [2.75, 3.05) is 11.1 Å². The fraction of sp³-hybridized carbons (Fsp3) is 0.486. The maximum Gasteiger partial charge on any atom is 0.329 e. The molecule has 1 unspecified atom stereocenters. The van der Waals surface area contributed by atoms with Gasteiger partial charge in [-0.25, -0.2) is 9.78 Å². The molecule has 4 rings (SSSR count). The van der Waals surface area contributed by atoms with Gasteiger partial charge in [0.05, 0.1) is 16.3 Å². The molecular formula is C37H49N7O7S2. The highest BCUT2D eigenvalue weighted by Crippen LogP contribution is 2.31. The van der Waals surface area contributed by atoms with Crippen LogP contribution in [0.1, 0.15) is 65.0 Å². The lowest BCUT2D eigenvalue weighted by molar-refractivity contribution is -0.137. The second kappa shape index (κ2) is 18.5. The standard InChI is InChI=1S/C37H49N7O7S2/c1-18(2)13-24(38)31(46)40-26(14-19(3)4)33(48)44-30(20(5)6)34(49)41-27(15-21-7-10-23(45)11-8-21)32(47)39-22-9-12-25-29(16-22)53-36(42-25)35-43-28(17-52-35)37(50)51/h7-12,16,18-20,24,26-28,30,45H,13-15,17,38H2,1-6H3,(H,39,47)(H,40,46)(H,41,49)(H,44,48)(H,50,51)/t24-,26-,27-,28?,30-/m0/s1. The zero-order valence-electron chi connectivity index (χ0n) is 30.7. The van der Waals surface area contributed by atoms with Crippen LogP contribution in [0.2, 0.25) is 0 Å². The lowest BCUT2D eigenvalue weighted by Crippen LogP contribution is -2.59.